The minimum Gasteiger partial charge on any atom is -0.319 e. The lowest BCUT2D eigenvalue weighted by Crippen LogP contribution is -2.39. The van der Waals surface area contributed by atoms with Gasteiger partial charge in [0.15, 0.2) is 0 Å². The molecule has 10 heavy (non-hydrogen) atoms. The van der Waals surface area contributed by atoms with Gasteiger partial charge in [0.2, 0.25) is 5.12 Å². The Kier molecular flexibility index (Phi) is 3.98. The van der Waals surface area contributed by atoms with Crippen LogP contribution < -0.4 is 5.73 Å². The van der Waals surface area contributed by atoms with Crippen molar-refractivity contribution in [1.82, 2.24) is 0 Å². The molecule has 0 spiro atoms. The Labute approximate surface area is 66.6 Å². The van der Waals surface area contributed by atoms with E-state index >= 15 is 0 Å². The highest BCUT2D eigenvalue weighted by Gasteiger charge is 2.21. The molecule has 0 amide bonds. The van der Waals surface area contributed by atoms with Crippen LogP contribution in [0.1, 0.15) is 27.2 Å². The summed E-state index contributed by atoms with van der Waals surface area (Å²) in [6.45, 7) is 5.51. The topological polar surface area (TPSA) is 43.1 Å². The molecular weight excluding hydrogens is 146 g/mol. The smallest absolute Gasteiger partial charge is 0.208 e. The standard InChI is InChI=1S/C7H15NOS/c1-4-5-10-6(9)7(2,3)8/h4-5,8H2,1-3H3. The van der Waals surface area contributed by atoms with Crippen molar-refractivity contribution < 1.29 is 4.79 Å². The van der Waals surface area contributed by atoms with Gasteiger partial charge in [0.25, 0.3) is 0 Å². The number of rotatable bonds is 3. The Bertz CT molecular complexity index is 117. The number of carbonyl (C=O) groups excluding carboxylic acids is 1. The molecule has 0 bridgehead atoms. The van der Waals surface area contributed by atoms with Crippen molar-refractivity contribution >= 4 is 16.9 Å². The van der Waals surface area contributed by atoms with Gasteiger partial charge in [0.05, 0.1) is 5.54 Å². The van der Waals surface area contributed by atoms with Crippen LogP contribution in [-0.2, 0) is 4.79 Å². The highest BCUT2D eigenvalue weighted by Crippen LogP contribution is 2.12. The highest BCUT2D eigenvalue weighted by atomic mass is 32.2. The third kappa shape index (κ3) is 3.90. The summed E-state index contributed by atoms with van der Waals surface area (Å²) >= 11 is 1.32. The van der Waals surface area contributed by atoms with Gasteiger partial charge in [0, 0.05) is 5.75 Å². The van der Waals surface area contributed by atoms with Crippen molar-refractivity contribution in [1.29, 1.82) is 0 Å². The molecule has 0 aliphatic carbocycles. The summed E-state index contributed by atoms with van der Waals surface area (Å²) in [4.78, 5) is 11.1. The molecule has 0 aliphatic rings. The van der Waals surface area contributed by atoms with Crippen molar-refractivity contribution in [2.24, 2.45) is 5.73 Å². The van der Waals surface area contributed by atoms with E-state index in [2.05, 4.69) is 0 Å². The second kappa shape index (κ2) is 3.98. The van der Waals surface area contributed by atoms with Gasteiger partial charge in [-0.25, -0.2) is 0 Å². The maximum Gasteiger partial charge on any atom is 0.208 e. The number of nitrogens with two attached hydrogens (primary N) is 1. The zero-order valence-electron chi connectivity index (χ0n) is 6.81. The zero-order chi connectivity index (χ0) is 8.20. The molecule has 60 valence electrons. The van der Waals surface area contributed by atoms with Gasteiger partial charge in [-0.1, -0.05) is 18.7 Å². The summed E-state index contributed by atoms with van der Waals surface area (Å²) in [5, 5.41) is 0.0781. The van der Waals surface area contributed by atoms with Gasteiger partial charge in [0.1, 0.15) is 0 Å². The maximum absolute atomic E-state index is 11.1. The SMILES string of the molecule is CCCSC(=O)C(C)(C)N. The molecule has 0 aromatic rings. The lowest BCUT2D eigenvalue weighted by atomic mass is 10.1. The van der Waals surface area contributed by atoms with Gasteiger partial charge in [-0.15, -0.1) is 0 Å². The predicted octanol–water partition coefficient (Wildman–Crippen LogP) is 1.39. The van der Waals surface area contributed by atoms with E-state index in [9.17, 15) is 4.79 Å². The molecule has 0 fully saturated rings. The van der Waals surface area contributed by atoms with Crippen molar-refractivity contribution in [3.63, 3.8) is 0 Å². The average molecular weight is 161 g/mol. The Morgan fingerprint density at radius 1 is 1.60 bits per heavy atom. The molecule has 0 rings (SSSR count). The van der Waals surface area contributed by atoms with Crippen LogP contribution in [0.5, 0.6) is 0 Å². The van der Waals surface area contributed by atoms with Gasteiger partial charge >= 0.3 is 0 Å². The number of carbonyl (C=O) groups is 1. The Morgan fingerprint density at radius 3 is 2.40 bits per heavy atom. The molecule has 0 aliphatic heterocycles. The fourth-order valence-electron chi connectivity index (χ4n) is 0.381. The van der Waals surface area contributed by atoms with Gasteiger partial charge in [-0.2, -0.15) is 0 Å². The molecule has 0 aromatic heterocycles. The Balaban J connectivity index is 3.64. The molecule has 0 saturated carbocycles. The van der Waals surface area contributed by atoms with Crippen molar-refractivity contribution in [3.05, 3.63) is 0 Å². The summed E-state index contributed by atoms with van der Waals surface area (Å²) in [6.07, 6.45) is 1.02. The summed E-state index contributed by atoms with van der Waals surface area (Å²) in [5.41, 5.74) is 4.88. The van der Waals surface area contributed by atoms with Gasteiger partial charge in [-0.3, -0.25) is 4.79 Å². The van der Waals surface area contributed by atoms with E-state index in [1.165, 1.54) is 11.8 Å². The quantitative estimate of drug-likeness (QED) is 0.680. The number of hydrogen-bond donors (Lipinski definition) is 1. The summed E-state index contributed by atoms with van der Waals surface area (Å²) < 4.78 is 0. The lowest BCUT2D eigenvalue weighted by molar-refractivity contribution is -0.114. The monoisotopic (exact) mass is 161 g/mol. The number of hydrogen-bond acceptors (Lipinski definition) is 3. The van der Waals surface area contributed by atoms with Gasteiger partial charge < -0.3 is 5.73 Å². The first kappa shape index (κ1) is 9.98. The fraction of sp³-hybridized carbons (Fsp3) is 0.857. The molecule has 0 radical (unpaired) electrons. The van der Waals surface area contributed by atoms with E-state index in [1.54, 1.807) is 13.8 Å². The summed E-state index contributed by atoms with van der Waals surface area (Å²) in [6, 6.07) is 0. The van der Waals surface area contributed by atoms with Crippen LogP contribution >= 0.6 is 11.8 Å². The first-order valence-electron chi connectivity index (χ1n) is 3.44. The third-order valence-electron chi connectivity index (χ3n) is 0.963. The minimum absolute atomic E-state index is 0.0781. The van der Waals surface area contributed by atoms with E-state index in [0.29, 0.717) is 0 Å². The van der Waals surface area contributed by atoms with Crippen molar-refractivity contribution in [2.45, 2.75) is 32.7 Å². The first-order chi connectivity index (χ1) is 4.48. The van der Waals surface area contributed by atoms with E-state index in [1.807, 2.05) is 6.92 Å². The molecular formula is C7H15NOS. The molecule has 2 N–H and O–H groups in total. The molecule has 3 heteroatoms. The van der Waals surface area contributed by atoms with Crippen LogP contribution in [0.25, 0.3) is 0 Å². The highest BCUT2D eigenvalue weighted by molar-refractivity contribution is 8.13. The summed E-state index contributed by atoms with van der Waals surface area (Å²) in [5.74, 6) is 0.874. The van der Waals surface area contributed by atoms with Crippen LogP contribution in [-0.4, -0.2) is 16.4 Å². The van der Waals surface area contributed by atoms with Crippen molar-refractivity contribution in [3.8, 4) is 0 Å². The van der Waals surface area contributed by atoms with Crippen LogP contribution in [0.2, 0.25) is 0 Å². The third-order valence-corrected chi connectivity index (χ3v) is 2.36. The molecule has 0 saturated heterocycles. The van der Waals surface area contributed by atoms with E-state index < -0.39 is 5.54 Å². The largest absolute Gasteiger partial charge is 0.319 e. The second-order valence-electron chi connectivity index (χ2n) is 2.86. The fourth-order valence-corrected chi connectivity index (χ4v) is 1.14. The molecule has 0 aromatic carbocycles. The predicted molar refractivity (Wildman–Crippen MR) is 46.0 cm³/mol. The molecule has 0 heterocycles. The van der Waals surface area contributed by atoms with E-state index in [0.717, 1.165) is 12.2 Å². The zero-order valence-corrected chi connectivity index (χ0v) is 7.62. The van der Waals surface area contributed by atoms with Crippen LogP contribution in [0.3, 0.4) is 0 Å². The van der Waals surface area contributed by atoms with Crippen molar-refractivity contribution in [2.75, 3.05) is 5.75 Å². The van der Waals surface area contributed by atoms with Gasteiger partial charge in [-0.05, 0) is 20.3 Å². The minimum atomic E-state index is -0.667. The molecule has 0 unspecified atom stereocenters. The average Bonchev–Trinajstić information content (AvgIpc) is 1.80. The normalized spacial score (nSPS) is 11.6. The lowest BCUT2D eigenvalue weighted by Gasteiger charge is -2.14. The Morgan fingerprint density at radius 2 is 2.10 bits per heavy atom. The van der Waals surface area contributed by atoms with Crippen LogP contribution in [0.15, 0.2) is 0 Å². The van der Waals surface area contributed by atoms with Crippen LogP contribution in [0.4, 0.5) is 0 Å². The Hall–Kier alpha value is -0.0200. The van der Waals surface area contributed by atoms with E-state index in [-0.39, 0.29) is 5.12 Å². The summed E-state index contributed by atoms with van der Waals surface area (Å²) in [7, 11) is 0. The number of thioether (sulfide) groups is 1. The second-order valence-corrected chi connectivity index (χ2v) is 3.93. The molecule has 2 nitrogen and oxygen atoms in total. The van der Waals surface area contributed by atoms with E-state index in [4.69, 9.17) is 5.73 Å². The maximum atomic E-state index is 11.1. The van der Waals surface area contributed by atoms with Crippen LogP contribution in [0, 0.1) is 0 Å². The first-order valence-corrected chi connectivity index (χ1v) is 4.43. The molecule has 0 atom stereocenters.